The number of carbonyl (C=O) groups excluding carboxylic acids is 1. The Hall–Kier alpha value is -2.45. The average molecular weight is 415 g/mol. The monoisotopic (exact) mass is 414 g/mol. The zero-order chi connectivity index (χ0) is 20.1. The minimum absolute atomic E-state index is 0.0669. The van der Waals surface area contributed by atoms with E-state index in [9.17, 15) is 4.79 Å². The number of carbonyl (C=O) groups is 1. The highest BCUT2D eigenvalue weighted by molar-refractivity contribution is 7.21. The number of anilines is 1. The Morgan fingerprint density at radius 2 is 2.07 bits per heavy atom. The van der Waals surface area contributed by atoms with E-state index >= 15 is 0 Å². The Morgan fingerprint density at radius 3 is 2.82 bits per heavy atom. The molecule has 8 heteroatoms. The molecular formula is C20H22N4O2S2. The minimum Gasteiger partial charge on any atom is -0.483 e. The van der Waals surface area contributed by atoms with Crippen LogP contribution in [-0.4, -0.2) is 27.3 Å². The van der Waals surface area contributed by atoms with Gasteiger partial charge in [-0.3, -0.25) is 4.79 Å². The van der Waals surface area contributed by atoms with Crippen molar-refractivity contribution in [3.63, 3.8) is 0 Å². The number of nitrogens with zero attached hydrogens (tertiary/aromatic N) is 3. The third-order valence-corrected chi connectivity index (χ3v) is 6.10. The molecule has 1 N–H and O–H groups in total. The minimum atomic E-state index is -0.227. The molecule has 0 aliphatic carbocycles. The number of aromatic nitrogens is 3. The van der Waals surface area contributed by atoms with E-state index in [4.69, 9.17) is 4.74 Å². The first-order valence-corrected chi connectivity index (χ1v) is 10.7. The predicted molar refractivity (Wildman–Crippen MR) is 116 cm³/mol. The van der Waals surface area contributed by atoms with Gasteiger partial charge in [0.05, 0.1) is 31.2 Å². The molecule has 1 amide bonds. The van der Waals surface area contributed by atoms with E-state index < -0.39 is 0 Å². The summed E-state index contributed by atoms with van der Waals surface area (Å²) in [6.45, 7) is 9.98. The fourth-order valence-electron chi connectivity index (χ4n) is 3.13. The van der Waals surface area contributed by atoms with Gasteiger partial charge >= 0.3 is 0 Å². The van der Waals surface area contributed by atoms with Crippen molar-refractivity contribution in [2.75, 3.05) is 11.9 Å². The van der Waals surface area contributed by atoms with Gasteiger partial charge in [0.25, 0.3) is 5.91 Å². The van der Waals surface area contributed by atoms with Gasteiger partial charge in [-0.25, -0.2) is 9.67 Å². The molecular weight excluding hydrogens is 392 g/mol. The zero-order valence-corrected chi connectivity index (χ0v) is 18.1. The van der Waals surface area contributed by atoms with Crippen molar-refractivity contribution in [1.29, 1.82) is 0 Å². The summed E-state index contributed by atoms with van der Waals surface area (Å²) in [5.41, 5.74) is 1.64. The molecule has 0 saturated carbocycles. The third-order valence-electron chi connectivity index (χ3n) is 4.26. The number of hydrogen-bond donors (Lipinski definition) is 1. The van der Waals surface area contributed by atoms with Crippen molar-refractivity contribution in [3.8, 4) is 5.75 Å². The fraction of sp³-hybridized carbons (Fsp3) is 0.350. The molecule has 1 aromatic carbocycles. The summed E-state index contributed by atoms with van der Waals surface area (Å²) in [6, 6.07) is 5.86. The molecule has 28 heavy (non-hydrogen) atoms. The van der Waals surface area contributed by atoms with Gasteiger partial charge in [-0.15, -0.1) is 22.7 Å². The highest BCUT2D eigenvalue weighted by Crippen LogP contribution is 2.38. The van der Waals surface area contributed by atoms with Gasteiger partial charge in [0.1, 0.15) is 11.6 Å². The maximum Gasteiger partial charge on any atom is 0.263 e. The van der Waals surface area contributed by atoms with E-state index in [2.05, 4.69) is 15.4 Å². The van der Waals surface area contributed by atoms with E-state index in [1.54, 1.807) is 22.7 Å². The lowest BCUT2D eigenvalue weighted by molar-refractivity contribution is -0.118. The molecule has 0 radical (unpaired) electrons. The lowest BCUT2D eigenvalue weighted by Crippen LogP contribution is -2.28. The van der Waals surface area contributed by atoms with Crippen LogP contribution in [0.4, 0.5) is 5.82 Å². The largest absolute Gasteiger partial charge is 0.483 e. The van der Waals surface area contributed by atoms with Crippen LogP contribution in [0.25, 0.3) is 20.3 Å². The van der Waals surface area contributed by atoms with E-state index in [0.29, 0.717) is 11.6 Å². The molecule has 0 aliphatic rings. The number of thiazole rings is 1. The summed E-state index contributed by atoms with van der Waals surface area (Å²) in [7, 11) is 0. The molecule has 0 fully saturated rings. The van der Waals surface area contributed by atoms with Crippen molar-refractivity contribution in [3.05, 3.63) is 34.3 Å². The van der Waals surface area contributed by atoms with Gasteiger partial charge in [0.2, 0.25) is 0 Å². The quantitative estimate of drug-likeness (QED) is 0.505. The lowest BCUT2D eigenvalue weighted by atomic mass is 10.1. The maximum atomic E-state index is 12.5. The number of aryl methyl sites for hydroxylation is 2. The number of rotatable bonds is 4. The van der Waals surface area contributed by atoms with Crippen LogP contribution in [0.1, 0.15) is 31.5 Å². The molecule has 0 atom stereocenters. The summed E-state index contributed by atoms with van der Waals surface area (Å²) >= 11 is 3.27. The van der Waals surface area contributed by atoms with Gasteiger partial charge in [0, 0.05) is 17.5 Å². The molecule has 0 aliphatic heterocycles. The highest BCUT2D eigenvalue weighted by atomic mass is 32.1. The van der Waals surface area contributed by atoms with E-state index in [-0.39, 0.29) is 18.1 Å². The Kier molecular flexibility index (Phi) is 4.63. The fourth-order valence-corrected chi connectivity index (χ4v) is 4.96. The van der Waals surface area contributed by atoms with E-state index in [1.165, 1.54) is 0 Å². The molecule has 6 nitrogen and oxygen atoms in total. The first-order chi connectivity index (χ1) is 13.2. The van der Waals surface area contributed by atoms with Gasteiger partial charge in [-0.1, -0.05) is 0 Å². The number of benzene rings is 1. The number of hydrogen-bond acceptors (Lipinski definition) is 6. The molecule has 0 saturated heterocycles. The SMILES string of the molecule is Cc1cc(NC(=O)COc2cc3sc(C)nc3c3sccc23)n(C(C)(C)C)n1. The third kappa shape index (κ3) is 3.49. The Labute approximate surface area is 171 Å². The molecule has 146 valence electrons. The molecule has 0 unspecified atom stereocenters. The van der Waals surface area contributed by atoms with Crippen molar-refractivity contribution in [2.24, 2.45) is 0 Å². The van der Waals surface area contributed by atoms with Crippen molar-refractivity contribution >= 4 is 54.7 Å². The smallest absolute Gasteiger partial charge is 0.263 e. The van der Waals surface area contributed by atoms with Crippen LogP contribution in [0.15, 0.2) is 23.6 Å². The highest BCUT2D eigenvalue weighted by Gasteiger charge is 2.20. The number of thiophene rings is 1. The normalized spacial score (nSPS) is 12.0. The Bertz CT molecular complexity index is 1180. The van der Waals surface area contributed by atoms with Crippen LogP contribution in [-0.2, 0) is 10.3 Å². The lowest BCUT2D eigenvalue weighted by Gasteiger charge is -2.22. The van der Waals surface area contributed by atoms with E-state index in [1.807, 2.05) is 62.9 Å². The second-order valence-corrected chi connectivity index (χ2v) is 9.86. The first-order valence-electron chi connectivity index (χ1n) is 8.99. The van der Waals surface area contributed by atoms with Gasteiger partial charge < -0.3 is 10.1 Å². The standard InChI is InChI=1S/C20H22N4O2S2/c1-11-8-16(24(23-11)20(3,4)5)22-17(25)10-26-14-9-15-18(21-12(2)28-15)19-13(14)6-7-27-19/h6-9H,10H2,1-5H3,(H,22,25). The van der Waals surface area contributed by atoms with Crippen LogP contribution < -0.4 is 10.1 Å². The van der Waals surface area contributed by atoms with Crippen LogP contribution in [0.3, 0.4) is 0 Å². The molecule has 0 spiro atoms. The first kappa shape index (κ1) is 18.9. The van der Waals surface area contributed by atoms with Crippen molar-refractivity contribution < 1.29 is 9.53 Å². The number of ether oxygens (including phenoxy) is 1. The van der Waals surface area contributed by atoms with Crippen LogP contribution in [0, 0.1) is 13.8 Å². The molecule has 3 aromatic heterocycles. The van der Waals surface area contributed by atoms with Crippen LogP contribution in [0.2, 0.25) is 0 Å². The van der Waals surface area contributed by atoms with Crippen molar-refractivity contribution in [2.45, 2.75) is 40.2 Å². The number of nitrogens with one attached hydrogen (secondary N) is 1. The van der Waals surface area contributed by atoms with Crippen molar-refractivity contribution in [1.82, 2.24) is 14.8 Å². The molecule has 4 aromatic rings. The summed E-state index contributed by atoms with van der Waals surface area (Å²) in [5.74, 6) is 1.17. The van der Waals surface area contributed by atoms with Crippen LogP contribution in [0.5, 0.6) is 5.75 Å². The number of fused-ring (bicyclic) bond motifs is 3. The topological polar surface area (TPSA) is 69.0 Å². The maximum absolute atomic E-state index is 12.5. The average Bonchev–Trinajstić information content (AvgIpc) is 3.29. The predicted octanol–water partition coefficient (Wildman–Crippen LogP) is 5.10. The second kappa shape index (κ2) is 6.86. The molecule has 3 heterocycles. The summed E-state index contributed by atoms with van der Waals surface area (Å²) in [5, 5.41) is 11.4. The summed E-state index contributed by atoms with van der Waals surface area (Å²) < 4.78 is 9.90. The Balaban J connectivity index is 1.55. The number of amides is 1. The van der Waals surface area contributed by atoms with Gasteiger partial charge in [0.15, 0.2) is 6.61 Å². The summed E-state index contributed by atoms with van der Waals surface area (Å²) in [6.07, 6.45) is 0. The van der Waals surface area contributed by atoms with Gasteiger partial charge in [-0.2, -0.15) is 5.10 Å². The van der Waals surface area contributed by atoms with Crippen LogP contribution >= 0.6 is 22.7 Å². The Morgan fingerprint density at radius 1 is 1.29 bits per heavy atom. The summed E-state index contributed by atoms with van der Waals surface area (Å²) in [4.78, 5) is 17.2. The van der Waals surface area contributed by atoms with E-state index in [0.717, 1.165) is 31.0 Å². The molecule has 4 rings (SSSR count). The molecule has 0 bridgehead atoms. The van der Waals surface area contributed by atoms with Gasteiger partial charge in [-0.05, 0) is 46.1 Å². The second-order valence-electron chi connectivity index (χ2n) is 7.71. The zero-order valence-electron chi connectivity index (χ0n) is 16.5.